The van der Waals surface area contributed by atoms with E-state index in [0.29, 0.717) is 63.8 Å². The highest BCUT2D eigenvalue weighted by Crippen LogP contribution is 2.09. The third-order valence-electron chi connectivity index (χ3n) is 5.45. The molecule has 0 aromatic carbocycles. The molecule has 0 saturated carbocycles. The Morgan fingerprint density at radius 1 is 0.771 bits per heavy atom. The molecule has 10 N–H and O–H groups in total. The molecule has 3 amide bonds. The first-order chi connectivity index (χ1) is 16.6. The molecule has 12 heteroatoms. The Morgan fingerprint density at radius 2 is 1.23 bits per heavy atom. The summed E-state index contributed by atoms with van der Waals surface area (Å²) in [4.78, 5) is 50.2. The van der Waals surface area contributed by atoms with Crippen molar-refractivity contribution in [2.45, 2.75) is 89.4 Å². The summed E-state index contributed by atoms with van der Waals surface area (Å²) in [5.74, 6) is -1.89. The van der Waals surface area contributed by atoms with E-state index >= 15 is 0 Å². The number of carboxylic acid groups (broad SMARTS) is 1. The Morgan fingerprint density at radius 3 is 1.63 bits per heavy atom. The van der Waals surface area contributed by atoms with Crippen LogP contribution in [0.2, 0.25) is 0 Å². The van der Waals surface area contributed by atoms with Gasteiger partial charge in [0.25, 0.3) is 0 Å². The minimum absolute atomic E-state index is 0.0548. The van der Waals surface area contributed by atoms with Crippen LogP contribution >= 0.6 is 11.8 Å². The molecule has 0 aromatic rings. The van der Waals surface area contributed by atoms with E-state index in [2.05, 4.69) is 16.0 Å². The molecule has 0 aliphatic carbocycles. The van der Waals surface area contributed by atoms with Crippen molar-refractivity contribution in [3.05, 3.63) is 0 Å². The van der Waals surface area contributed by atoms with E-state index in [1.807, 2.05) is 20.1 Å². The van der Waals surface area contributed by atoms with Gasteiger partial charge in [-0.3, -0.25) is 14.4 Å². The summed E-state index contributed by atoms with van der Waals surface area (Å²) < 4.78 is 0. The Labute approximate surface area is 213 Å². The molecule has 4 unspecified atom stereocenters. The van der Waals surface area contributed by atoms with Crippen LogP contribution in [0.25, 0.3) is 0 Å². The third kappa shape index (κ3) is 15.0. The van der Waals surface area contributed by atoms with Gasteiger partial charge in [0, 0.05) is 0 Å². The number of unbranched alkanes of at least 4 members (excludes halogenated alkanes) is 2. The molecule has 0 saturated heterocycles. The fraction of sp³-hybridized carbons (Fsp3) is 0.826. The molecule has 0 aromatic heterocycles. The second-order valence-electron chi connectivity index (χ2n) is 9.11. The summed E-state index contributed by atoms with van der Waals surface area (Å²) in [5.41, 5.74) is 17.1. The second-order valence-corrected chi connectivity index (χ2v) is 10.1. The molecule has 204 valence electrons. The Kier molecular flexibility index (Phi) is 18.3. The maximum Gasteiger partial charge on any atom is 0.326 e. The number of nitrogens with two attached hydrogens (primary N) is 3. The zero-order valence-corrected chi connectivity index (χ0v) is 22.2. The number of carbonyl (C=O) groups is 4. The van der Waals surface area contributed by atoms with Crippen molar-refractivity contribution in [1.29, 1.82) is 0 Å². The lowest BCUT2D eigenvalue weighted by Gasteiger charge is -2.25. The van der Waals surface area contributed by atoms with E-state index in [9.17, 15) is 24.3 Å². The zero-order valence-electron chi connectivity index (χ0n) is 21.4. The number of carbonyl (C=O) groups excluding carboxylic acids is 3. The molecular formula is C23H46N6O5S. The van der Waals surface area contributed by atoms with Gasteiger partial charge in [-0.2, -0.15) is 11.8 Å². The lowest BCUT2D eigenvalue weighted by Crippen LogP contribution is -2.57. The molecule has 11 nitrogen and oxygen atoms in total. The van der Waals surface area contributed by atoms with Crippen LogP contribution in [0.1, 0.15) is 65.2 Å². The van der Waals surface area contributed by atoms with Gasteiger partial charge in [0.15, 0.2) is 0 Å². The van der Waals surface area contributed by atoms with Crippen LogP contribution in [0.4, 0.5) is 0 Å². The molecule has 4 atom stereocenters. The molecule has 0 aliphatic heterocycles. The van der Waals surface area contributed by atoms with Crippen LogP contribution in [0, 0.1) is 5.92 Å². The van der Waals surface area contributed by atoms with Gasteiger partial charge in [-0.15, -0.1) is 0 Å². The Bertz CT molecular complexity index is 652. The lowest BCUT2D eigenvalue weighted by atomic mass is 10.0. The van der Waals surface area contributed by atoms with Gasteiger partial charge < -0.3 is 38.3 Å². The fourth-order valence-electron chi connectivity index (χ4n) is 3.42. The molecule has 0 rings (SSSR count). The normalized spacial score (nSPS) is 14.6. The van der Waals surface area contributed by atoms with Crippen molar-refractivity contribution < 1.29 is 24.3 Å². The van der Waals surface area contributed by atoms with E-state index in [1.54, 1.807) is 11.8 Å². The summed E-state index contributed by atoms with van der Waals surface area (Å²) in [6.45, 7) is 4.60. The summed E-state index contributed by atoms with van der Waals surface area (Å²) in [6.07, 6.45) is 5.78. The number of hydrogen-bond donors (Lipinski definition) is 7. The van der Waals surface area contributed by atoms with Crippen LogP contribution in [0.3, 0.4) is 0 Å². The number of hydrogen-bond acceptors (Lipinski definition) is 8. The summed E-state index contributed by atoms with van der Waals surface area (Å²) >= 11 is 1.57. The van der Waals surface area contributed by atoms with Crippen molar-refractivity contribution >= 4 is 35.5 Å². The number of thioether (sulfide) groups is 1. The maximum absolute atomic E-state index is 13.1. The highest BCUT2D eigenvalue weighted by molar-refractivity contribution is 7.98. The van der Waals surface area contributed by atoms with Gasteiger partial charge in [-0.1, -0.05) is 13.8 Å². The van der Waals surface area contributed by atoms with Crippen molar-refractivity contribution in [3.8, 4) is 0 Å². The van der Waals surface area contributed by atoms with E-state index in [4.69, 9.17) is 17.2 Å². The first-order valence-electron chi connectivity index (χ1n) is 12.4. The average molecular weight is 519 g/mol. The van der Waals surface area contributed by atoms with Crippen LogP contribution in [-0.4, -0.2) is 78.1 Å². The van der Waals surface area contributed by atoms with E-state index in [-0.39, 0.29) is 12.3 Å². The van der Waals surface area contributed by atoms with Gasteiger partial charge in [-0.05, 0) is 82.4 Å². The standard InChI is InChI=1S/C23H46N6O5S/c1-15(2)14-19(23(33)34)29-22(32)18(9-5-7-12-25)28-21(31)17(8-4-6-11-24)27-20(30)16(26)10-13-35-3/h15-19H,4-14,24-26H2,1-3H3,(H,27,30)(H,28,31)(H,29,32)(H,33,34). The molecule has 0 heterocycles. The van der Waals surface area contributed by atoms with Crippen molar-refractivity contribution in [2.75, 3.05) is 25.1 Å². The third-order valence-corrected chi connectivity index (χ3v) is 6.10. The molecule has 0 radical (unpaired) electrons. The molecular weight excluding hydrogens is 472 g/mol. The fourth-order valence-corrected chi connectivity index (χ4v) is 3.91. The van der Waals surface area contributed by atoms with Crippen molar-refractivity contribution in [1.82, 2.24) is 16.0 Å². The molecule has 35 heavy (non-hydrogen) atoms. The smallest absolute Gasteiger partial charge is 0.326 e. The highest BCUT2D eigenvalue weighted by Gasteiger charge is 2.30. The minimum Gasteiger partial charge on any atom is -0.480 e. The van der Waals surface area contributed by atoms with E-state index in [1.165, 1.54) is 0 Å². The number of nitrogens with one attached hydrogen (secondary N) is 3. The molecule has 0 spiro atoms. The second kappa shape index (κ2) is 19.3. The first-order valence-corrected chi connectivity index (χ1v) is 13.7. The van der Waals surface area contributed by atoms with Crippen molar-refractivity contribution in [3.63, 3.8) is 0 Å². The lowest BCUT2D eigenvalue weighted by molar-refractivity contribution is -0.142. The van der Waals surface area contributed by atoms with Gasteiger partial charge in [0.05, 0.1) is 6.04 Å². The van der Waals surface area contributed by atoms with E-state index < -0.39 is 47.9 Å². The average Bonchev–Trinajstić information content (AvgIpc) is 2.80. The highest BCUT2D eigenvalue weighted by atomic mass is 32.2. The number of carboxylic acids is 1. The zero-order chi connectivity index (χ0) is 26.8. The minimum atomic E-state index is -1.13. The van der Waals surface area contributed by atoms with Crippen LogP contribution in [0.5, 0.6) is 0 Å². The number of aliphatic carboxylic acids is 1. The first kappa shape index (κ1) is 33.1. The topological polar surface area (TPSA) is 203 Å². The number of rotatable bonds is 20. The number of amides is 3. The summed E-state index contributed by atoms with van der Waals surface area (Å²) in [5, 5.41) is 17.4. The SMILES string of the molecule is CSCCC(N)C(=O)NC(CCCCN)C(=O)NC(CCCCN)C(=O)NC(CC(C)C)C(=O)O. The van der Waals surface area contributed by atoms with Crippen molar-refractivity contribution in [2.24, 2.45) is 23.1 Å². The molecule has 0 fully saturated rings. The monoisotopic (exact) mass is 518 g/mol. The largest absolute Gasteiger partial charge is 0.480 e. The quantitative estimate of drug-likeness (QED) is 0.107. The van der Waals surface area contributed by atoms with Crippen LogP contribution in [0.15, 0.2) is 0 Å². The van der Waals surface area contributed by atoms with Gasteiger partial charge in [-0.25, -0.2) is 4.79 Å². The molecule has 0 bridgehead atoms. The molecule has 0 aliphatic rings. The predicted molar refractivity (Wildman–Crippen MR) is 140 cm³/mol. The van der Waals surface area contributed by atoms with Gasteiger partial charge in [0.2, 0.25) is 17.7 Å². The predicted octanol–water partition coefficient (Wildman–Crippen LogP) is -0.0901. The Hall–Kier alpha value is -1.89. The maximum atomic E-state index is 13.1. The van der Waals surface area contributed by atoms with Crippen LogP contribution < -0.4 is 33.2 Å². The van der Waals surface area contributed by atoms with E-state index in [0.717, 1.165) is 0 Å². The van der Waals surface area contributed by atoms with Crippen LogP contribution in [-0.2, 0) is 19.2 Å². The van der Waals surface area contributed by atoms with Gasteiger partial charge in [0.1, 0.15) is 18.1 Å². The summed E-state index contributed by atoms with van der Waals surface area (Å²) in [7, 11) is 0. The Balaban J connectivity index is 5.48. The summed E-state index contributed by atoms with van der Waals surface area (Å²) in [6, 6.07) is -3.65. The van der Waals surface area contributed by atoms with Gasteiger partial charge >= 0.3 is 5.97 Å².